The van der Waals surface area contributed by atoms with Gasteiger partial charge in [-0.2, -0.15) is 0 Å². The van der Waals surface area contributed by atoms with E-state index in [0.29, 0.717) is 6.41 Å². The van der Waals surface area contributed by atoms with Crippen LogP contribution in [0.4, 0.5) is 5.69 Å². The number of benzene rings is 1. The first-order chi connectivity index (χ1) is 9.28. The second kappa shape index (κ2) is 7.17. The summed E-state index contributed by atoms with van der Waals surface area (Å²) in [6, 6.07) is 7.50. The maximum Gasteiger partial charge on any atom is 0.211 e. The van der Waals surface area contributed by atoms with Gasteiger partial charge in [0.05, 0.1) is 6.61 Å². The Morgan fingerprint density at radius 1 is 1.32 bits per heavy atom. The van der Waals surface area contributed by atoms with Crippen molar-refractivity contribution in [1.29, 1.82) is 0 Å². The summed E-state index contributed by atoms with van der Waals surface area (Å²) in [5.74, 6) is 2.59. The van der Waals surface area contributed by atoms with Gasteiger partial charge in [0.25, 0.3) is 0 Å². The average Bonchev–Trinajstić information content (AvgIpc) is 2.41. The van der Waals surface area contributed by atoms with Crippen LogP contribution in [-0.2, 0) is 4.79 Å². The van der Waals surface area contributed by atoms with Gasteiger partial charge in [-0.05, 0) is 48.9 Å². The second-order valence-corrected chi connectivity index (χ2v) is 5.56. The SMILES string of the molecule is CC1CCC[C@@H](CCOc2ccc(NC=O)cc2)C1. The minimum atomic E-state index is 0.681. The van der Waals surface area contributed by atoms with Gasteiger partial charge in [-0.25, -0.2) is 0 Å². The van der Waals surface area contributed by atoms with E-state index in [1.165, 1.54) is 25.7 Å². The maximum absolute atomic E-state index is 10.3. The molecule has 0 radical (unpaired) electrons. The lowest BCUT2D eigenvalue weighted by Crippen LogP contribution is -2.15. The van der Waals surface area contributed by atoms with Gasteiger partial charge in [-0.3, -0.25) is 4.79 Å². The van der Waals surface area contributed by atoms with Crippen molar-refractivity contribution in [3.8, 4) is 5.75 Å². The molecule has 3 heteroatoms. The fourth-order valence-corrected chi connectivity index (χ4v) is 2.88. The Morgan fingerprint density at radius 3 is 2.79 bits per heavy atom. The molecule has 3 nitrogen and oxygen atoms in total. The lowest BCUT2D eigenvalue weighted by molar-refractivity contribution is -0.105. The zero-order valence-corrected chi connectivity index (χ0v) is 11.6. The summed E-state index contributed by atoms with van der Waals surface area (Å²) < 4.78 is 5.76. The fraction of sp³-hybridized carbons (Fsp3) is 0.562. The first-order valence-electron chi connectivity index (χ1n) is 7.21. The number of hydrogen-bond donors (Lipinski definition) is 1. The smallest absolute Gasteiger partial charge is 0.211 e. The Balaban J connectivity index is 1.71. The largest absolute Gasteiger partial charge is 0.494 e. The van der Waals surface area contributed by atoms with Gasteiger partial charge in [-0.1, -0.05) is 26.2 Å². The summed E-state index contributed by atoms with van der Waals surface area (Å²) in [5.41, 5.74) is 0.795. The molecule has 1 aromatic carbocycles. The maximum atomic E-state index is 10.3. The van der Waals surface area contributed by atoms with Crippen LogP contribution in [0.3, 0.4) is 0 Å². The Bertz CT molecular complexity index is 388. The fourth-order valence-electron chi connectivity index (χ4n) is 2.88. The minimum absolute atomic E-state index is 0.681. The minimum Gasteiger partial charge on any atom is -0.494 e. The lowest BCUT2D eigenvalue weighted by Gasteiger charge is -2.26. The van der Waals surface area contributed by atoms with Crippen molar-refractivity contribution >= 4 is 12.1 Å². The summed E-state index contributed by atoms with van der Waals surface area (Å²) in [4.78, 5) is 10.3. The molecule has 104 valence electrons. The van der Waals surface area contributed by atoms with E-state index in [0.717, 1.165) is 36.3 Å². The predicted octanol–water partition coefficient (Wildman–Crippen LogP) is 3.85. The molecular weight excluding hydrogens is 238 g/mol. The van der Waals surface area contributed by atoms with Gasteiger partial charge < -0.3 is 10.1 Å². The standard InChI is InChI=1S/C16H23NO2/c1-13-3-2-4-14(11-13)9-10-19-16-7-5-15(6-8-16)17-12-18/h5-8,12-14H,2-4,9-11H2,1H3,(H,17,18)/t13?,14-/m0/s1. The monoisotopic (exact) mass is 261 g/mol. The van der Waals surface area contributed by atoms with Crippen molar-refractivity contribution in [2.45, 2.75) is 39.0 Å². The quantitative estimate of drug-likeness (QED) is 0.790. The number of amides is 1. The number of carbonyl (C=O) groups excluding carboxylic acids is 1. The van der Waals surface area contributed by atoms with Crippen molar-refractivity contribution in [3.05, 3.63) is 24.3 Å². The molecular formula is C16H23NO2. The topological polar surface area (TPSA) is 38.3 Å². The molecule has 1 aliphatic rings. The third kappa shape index (κ3) is 4.58. The highest BCUT2D eigenvalue weighted by Crippen LogP contribution is 2.30. The average molecular weight is 261 g/mol. The van der Waals surface area contributed by atoms with Crippen LogP contribution in [0.1, 0.15) is 39.0 Å². The summed E-state index contributed by atoms with van der Waals surface area (Å²) in [6.45, 7) is 3.14. The Morgan fingerprint density at radius 2 is 2.11 bits per heavy atom. The molecule has 1 amide bonds. The molecule has 1 aliphatic carbocycles. The number of carbonyl (C=O) groups is 1. The van der Waals surface area contributed by atoms with Crippen LogP contribution in [0, 0.1) is 11.8 Å². The van der Waals surface area contributed by atoms with Crippen molar-refractivity contribution in [3.63, 3.8) is 0 Å². The molecule has 0 aromatic heterocycles. The number of hydrogen-bond acceptors (Lipinski definition) is 2. The molecule has 1 fully saturated rings. The van der Waals surface area contributed by atoms with Crippen LogP contribution >= 0.6 is 0 Å². The molecule has 19 heavy (non-hydrogen) atoms. The number of anilines is 1. The van der Waals surface area contributed by atoms with Crippen LogP contribution in [-0.4, -0.2) is 13.0 Å². The third-order valence-corrected chi connectivity index (χ3v) is 3.92. The van der Waals surface area contributed by atoms with Crippen molar-refractivity contribution in [2.75, 3.05) is 11.9 Å². The van der Waals surface area contributed by atoms with Crippen LogP contribution in [0.2, 0.25) is 0 Å². The van der Waals surface area contributed by atoms with Crippen LogP contribution in [0.25, 0.3) is 0 Å². The summed E-state index contributed by atoms with van der Waals surface area (Å²) >= 11 is 0. The van der Waals surface area contributed by atoms with Crippen LogP contribution in [0.5, 0.6) is 5.75 Å². The van der Waals surface area contributed by atoms with E-state index in [1.807, 2.05) is 24.3 Å². The number of rotatable bonds is 6. The zero-order chi connectivity index (χ0) is 13.5. The van der Waals surface area contributed by atoms with E-state index in [4.69, 9.17) is 4.74 Å². The van der Waals surface area contributed by atoms with Crippen molar-refractivity contribution in [1.82, 2.24) is 0 Å². The molecule has 0 saturated heterocycles. The summed E-state index contributed by atoms with van der Waals surface area (Å²) in [6.07, 6.45) is 7.31. The lowest BCUT2D eigenvalue weighted by atomic mass is 9.81. The molecule has 0 spiro atoms. The van der Waals surface area contributed by atoms with Gasteiger partial charge in [-0.15, -0.1) is 0 Å². The molecule has 0 bridgehead atoms. The van der Waals surface area contributed by atoms with Crippen LogP contribution in [0.15, 0.2) is 24.3 Å². The molecule has 1 aromatic rings. The highest BCUT2D eigenvalue weighted by Gasteiger charge is 2.18. The predicted molar refractivity (Wildman–Crippen MR) is 77.4 cm³/mol. The Hall–Kier alpha value is -1.51. The number of ether oxygens (including phenoxy) is 1. The second-order valence-electron chi connectivity index (χ2n) is 5.56. The summed E-state index contributed by atoms with van der Waals surface area (Å²) in [7, 11) is 0. The van der Waals surface area contributed by atoms with E-state index in [2.05, 4.69) is 12.2 Å². The number of nitrogens with one attached hydrogen (secondary N) is 1. The Labute approximate surface area is 115 Å². The van der Waals surface area contributed by atoms with Gasteiger partial charge in [0, 0.05) is 5.69 Å². The highest BCUT2D eigenvalue weighted by molar-refractivity contribution is 5.71. The molecule has 1 unspecified atom stereocenters. The summed E-state index contributed by atoms with van der Waals surface area (Å²) in [5, 5.41) is 2.61. The molecule has 0 heterocycles. The van der Waals surface area contributed by atoms with E-state index in [1.54, 1.807) is 0 Å². The van der Waals surface area contributed by atoms with E-state index < -0.39 is 0 Å². The first-order valence-corrected chi connectivity index (χ1v) is 7.21. The molecule has 0 aliphatic heterocycles. The first kappa shape index (κ1) is 13.9. The van der Waals surface area contributed by atoms with Crippen molar-refractivity contribution in [2.24, 2.45) is 11.8 Å². The van der Waals surface area contributed by atoms with Gasteiger partial charge in [0.15, 0.2) is 0 Å². The van der Waals surface area contributed by atoms with Gasteiger partial charge in [0.2, 0.25) is 6.41 Å². The normalized spacial score (nSPS) is 22.8. The molecule has 2 rings (SSSR count). The zero-order valence-electron chi connectivity index (χ0n) is 11.6. The van der Waals surface area contributed by atoms with Crippen molar-refractivity contribution < 1.29 is 9.53 Å². The van der Waals surface area contributed by atoms with Crippen LogP contribution < -0.4 is 10.1 Å². The van der Waals surface area contributed by atoms with E-state index >= 15 is 0 Å². The molecule has 1 N–H and O–H groups in total. The van der Waals surface area contributed by atoms with E-state index in [9.17, 15) is 4.79 Å². The van der Waals surface area contributed by atoms with Gasteiger partial charge in [0.1, 0.15) is 5.75 Å². The third-order valence-electron chi connectivity index (χ3n) is 3.92. The van der Waals surface area contributed by atoms with E-state index in [-0.39, 0.29) is 0 Å². The highest BCUT2D eigenvalue weighted by atomic mass is 16.5. The molecule has 1 saturated carbocycles. The molecule has 2 atom stereocenters. The Kier molecular flexibility index (Phi) is 5.25. The van der Waals surface area contributed by atoms with Gasteiger partial charge >= 0.3 is 0 Å².